The summed E-state index contributed by atoms with van der Waals surface area (Å²) in [6.45, 7) is 1.86. The van der Waals surface area contributed by atoms with Crippen LogP contribution >= 0.6 is 11.6 Å². The monoisotopic (exact) mass is 310 g/mol. The molecule has 5 heteroatoms. The summed E-state index contributed by atoms with van der Waals surface area (Å²) in [5.41, 5.74) is 1.79. The maximum Gasteiger partial charge on any atom is 0.136 e. The molecule has 0 amide bonds. The predicted molar refractivity (Wildman–Crippen MR) is 91.2 cm³/mol. The second kappa shape index (κ2) is 6.45. The Morgan fingerprint density at radius 1 is 0.818 bits per heavy atom. The Kier molecular flexibility index (Phi) is 4.21. The van der Waals surface area contributed by atoms with Gasteiger partial charge in [-0.15, -0.1) is 0 Å². The van der Waals surface area contributed by atoms with Crippen molar-refractivity contribution in [3.05, 3.63) is 71.5 Å². The number of benzene rings is 2. The van der Waals surface area contributed by atoms with E-state index in [1.165, 1.54) is 0 Å². The van der Waals surface area contributed by atoms with Crippen LogP contribution in [0.2, 0.25) is 5.02 Å². The van der Waals surface area contributed by atoms with Crippen molar-refractivity contribution in [3.63, 3.8) is 0 Å². The van der Waals surface area contributed by atoms with Crippen molar-refractivity contribution < 1.29 is 0 Å². The zero-order valence-electron chi connectivity index (χ0n) is 12.0. The average Bonchev–Trinajstić information content (AvgIpc) is 2.50. The number of hydrogen-bond donors (Lipinski definition) is 2. The molecule has 4 nitrogen and oxygen atoms in total. The van der Waals surface area contributed by atoms with Crippen LogP contribution in [0.5, 0.6) is 0 Å². The quantitative estimate of drug-likeness (QED) is 0.717. The smallest absolute Gasteiger partial charge is 0.136 e. The standard InChI is InChI=1S/C17H15ClN4/c1-12-19-16(21-13-7-3-2-4-8-13)11-17(20-12)22-15-10-6-5-9-14(15)18/h2-11H,1H3,(H2,19,20,21,22). The zero-order chi connectivity index (χ0) is 15.4. The van der Waals surface area contributed by atoms with E-state index < -0.39 is 0 Å². The molecular weight excluding hydrogens is 296 g/mol. The Labute approximate surface area is 134 Å². The molecule has 0 unspecified atom stereocenters. The van der Waals surface area contributed by atoms with Gasteiger partial charge < -0.3 is 10.6 Å². The van der Waals surface area contributed by atoms with Crippen molar-refractivity contribution >= 4 is 34.6 Å². The van der Waals surface area contributed by atoms with Gasteiger partial charge in [0.05, 0.1) is 10.7 Å². The highest BCUT2D eigenvalue weighted by molar-refractivity contribution is 6.33. The molecule has 0 atom stereocenters. The van der Waals surface area contributed by atoms with Crippen molar-refractivity contribution in [2.24, 2.45) is 0 Å². The van der Waals surface area contributed by atoms with Crippen molar-refractivity contribution in [1.29, 1.82) is 0 Å². The summed E-state index contributed by atoms with van der Waals surface area (Å²) in [7, 11) is 0. The fraction of sp³-hybridized carbons (Fsp3) is 0.0588. The maximum absolute atomic E-state index is 6.16. The molecule has 0 fully saturated rings. The summed E-state index contributed by atoms with van der Waals surface area (Å²) < 4.78 is 0. The normalized spacial score (nSPS) is 10.3. The number of hydrogen-bond acceptors (Lipinski definition) is 4. The van der Waals surface area contributed by atoms with Crippen molar-refractivity contribution in [1.82, 2.24) is 9.97 Å². The molecule has 110 valence electrons. The lowest BCUT2D eigenvalue weighted by molar-refractivity contribution is 1.06. The van der Waals surface area contributed by atoms with E-state index >= 15 is 0 Å². The molecule has 2 aromatic carbocycles. The molecule has 1 aromatic heterocycles. The van der Waals surface area contributed by atoms with Crippen LogP contribution in [-0.2, 0) is 0 Å². The molecule has 0 aliphatic heterocycles. The van der Waals surface area contributed by atoms with Gasteiger partial charge in [0, 0.05) is 11.8 Å². The molecular formula is C17H15ClN4. The fourth-order valence-electron chi connectivity index (χ4n) is 2.07. The van der Waals surface area contributed by atoms with Gasteiger partial charge in [-0.2, -0.15) is 0 Å². The number of aromatic nitrogens is 2. The van der Waals surface area contributed by atoms with Gasteiger partial charge in [0.15, 0.2) is 0 Å². The number of rotatable bonds is 4. The van der Waals surface area contributed by atoms with Crippen LogP contribution in [0.1, 0.15) is 5.82 Å². The highest BCUT2D eigenvalue weighted by atomic mass is 35.5. The van der Waals surface area contributed by atoms with Crippen LogP contribution in [-0.4, -0.2) is 9.97 Å². The first-order chi connectivity index (χ1) is 10.7. The largest absolute Gasteiger partial charge is 0.340 e. The van der Waals surface area contributed by atoms with E-state index in [1.54, 1.807) is 0 Å². The van der Waals surface area contributed by atoms with E-state index in [9.17, 15) is 0 Å². The molecule has 0 spiro atoms. The molecule has 3 rings (SSSR count). The second-order valence-corrected chi connectivity index (χ2v) is 5.19. The molecule has 0 saturated heterocycles. The Balaban J connectivity index is 1.85. The highest BCUT2D eigenvalue weighted by Gasteiger charge is 2.05. The third-order valence-electron chi connectivity index (χ3n) is 3.02. The Morgan fingerprint density at radius 3 is 2.18 bits per heavy atom. The number of nitrogens with zero attached hydrogens (tertiary/aromatic N) is 2. The van der Waals surface area contributed by atoms with Gasteiger partial charge in [0.1, 0.15) is 17.5 Å². The first-order valence-electron chi connectivity index (χ1n) is 6.90. The third kappa shape index (κ3) is 3.54. The lowest BCUT2D eigenvalue weighted by Gasteiger charge is -2.11. The minimum absolute atomic E-state index is 0.649. The molecule has 0 aliphatic rings. The lowest BCUT2D eigenvalue weighted by Crippen LogP contribution is -2.01. The Bertz CT molecular complexity index is 775. The number of aryl methyl sites for hydroxylation is 1. The van der Waals surface area contributed by atoms with Gasteiger partial charge in [0.25, 0.3) is 0 Å². The van der Waals surface area contributed by atoms with Crippen LogP contribution < -0.4 is 10.6 Å². The summed E-state index contributed by atoms with van der Waals surface area (Å²) in [5, 5.41) is 7.13. The van der Waals surface area contributed by atoms with Crippen LogP contribution in [0.4, 0.5) is 23.0 Å². The summed E-state index contributed by atoms with van der Waals surface area (Å²) in [6.07, 6.45) is 0. The average molecular weight is 311 g/mol. The van der Waals surface area contributed by atoms with E-state index in [-0.39, 0.29) is 0 Å². The first-order valence-corrected chi connectivity index (χ1v) is 7.28. The highest BCUT2D eigenvalue weighted by Crippen LogP contribution is 2.25. The molecule has 0 aliphatic carbocycles. The molecule has 3 aromatic rings. The third-order valence-corrected chi connectivity index (χ3v) is 3.35. The van der Waals surface area contributed by atoms with Gasteiger partial charge in [-0.3, -0.25) is 0 Å². The Morgan fingerprint density at radius 2 is 1.45 bits per heavy atom. The molecule has 22 heavy (non-hydrogen) atoms. The minimum atomic E-state index is 0.649. The van der Waals surface area contributed by atoms with Gasteiger partial charge >= 0.3 is 0 Å². The van der Waals surface area contributed by atoms with Crippen LogP contribution in [0, 0.1) is 6.92 Å². The van der Waals surface area contributed by atoms with Crippen molar-refractivity contribution in [2.75, 3.05) is 10.6 Å². The van der Waals surface area contributed by atoms with E-state index in [0.29, 0.717) is 16.7 Å². The van der Waals surface area contributed by atoms with Gasteiger partial charge in [0.2, 0.25) is 0 Å². The van der Waals surface area contributed by atoms with Crippen molar-refractivity contribution in [3.8, 4) is 0 Å². The van der Waals surface area contributed by atoms with Crippen LogP contribution in [0.3, 0.4) is 0 Å². The summed E-state index contributed by atoms with van der Waals surface area (Å²) in [6, 6.07) is 19.3. The Hall–Kier alpha value is -2.59. The SMILES string of the molecule is Cc1nc(Nc2ccccc2)cc(Nc2ccccc2Cl)n1. The molecule has 1 heterocycles. The fourth-order valence-corrected chi connectivity index (χ4v) is 2.25. The lowest BCUT2D eigenvalue weighted by atomic mass is 10.3. The van der Waals surface area contributed by atoms with Crippen LogP contribution in [0.15, 0.2) is 60.7 Å². The first kappa shape index (κ1) is 14.4. The molecule has 0 saturated carbocycles. The molecule has 0 bridgehead atoms. The molecule has 0 radical (unpaired) electrons. The van der Waals surface area contributed by atoms with E-state index in [0.717, 1.165) is 17.2 Å². The number of para-hydroxylation sites is 2. The predicted octanol–water partition coefficient (Wildman–Crippen LogP) is 4.93. The van der Waals surface area contributed by atoms with Crippen molar-refractivity contribution in [2.45, 2.75) is 6.92 Å². The minimum Gasteiger partial charge on any atom is -0.340 e. The van der Waals surface area contributed by atoms with Gasteiger partial charge in [-0.25, -0.2) is 9.97 Å². The molecule has 2 N–H and O–H groups in total. The summed E-state index contributed by atoms with van der Waals surface area (Å²) in [4.78, 5) is 8.79. The van der Waals surface area contributed by atoms with Gasteiger partial charge in [-0.05, 0) is 31.2 Å². The van der Waals surface area contributed by atoms with Crippen LogP contribution in [0.25, 0.3) is 0 Å². The number of halogens is 1. The number of anilines is 4. The zero-order valence-corrected chi connectivity index (χ0v) is 12.8. The topological polar surface area (TPSA) is 49.8 Å². The van der Waals surface area contributed by atoms with Gasteiger partial charge in [-0.1, -0.05) is 41.9 Å². The summed E-state index contributed by atoms with van der Waals surface area (Å²) in [5.74, 6) is 2.10. The van der Waals surface area contributed by atoms with E-state index in [4.69, 9.17) is 11.6 Å². The van der Waals surface area contributed by atoms with E-state index in [2.05, 4.69) is 20.6 Å². The second-order valence-electron chi connectivity index (χ2n) is 4.78. The van der Waals surface area contributed by atoms with E-state index in [1.807, 2.05) is 67.6 Å². The number of nitrogens with one attached hydrogen (secondary N) is 2. The summed E-state index contributed by atoms with van der Waals surface area (Å²) >= 11 is 6.16. The maximum atomic E-state index is 6.16.